The number of hydrogen-bond acceptors (Lipinski definition) is 7. The van der Waals surface area contributed by atoms with Crippen molar-refractivity contribution < 1.29 is 13.2 Å². The summed E-state index contributed by atoms with van der Waals surface area (Å²) in [6.07, 6.45) is 4.20. The summed E-state index contributed by atoms with van der Waals surface area (Å²) in [4.78, 5) is 9.30. The van der Waals surface area contributed by atoms with Crippen molar-refractivity contribution in [3.05, 3.63) is 89.6 Å². The third-order valence-corrected chi connectivity index (χ3v) is 7.62. The van der Waals surface area contributed by atoms with Crippen LogP contribution in [-0.2, 0) is 22.9 Å². The van der Waals surface area contributed by atoms with Crippen LogP contribution in [0.1, 0.15) is 29.7 Å². The first-order valence-corrected chi connectivity index (χ1v) is 13.6. The number of hydrogen-bond donors (Lipinski definition) is 3. The number of anilines is 5. The van der Waals surface area contributed by atoms with Crippen LogP contribution in [0.2, 0.25) is 0 Å². The van der Waals surface area contributed by atoms with Crippen molar-refractivity contribution in [3.8, 4) is 5.75 Å². The van der Waals surface area contributed by atoms with Gasteiger partial charge < -0.3 is 15.4 Å². The Bertz CT molecular complexity index is 1500. The van der Waals surface area contributed by atoms with Gasteiger partial charge in [0.2, 0.25) is 5.95 Å². The van der Waals surface area contributed by atoms with Crippen LogP contribution in [0.3, 0.4) is 0 Å². The summed E-state index contributed by atoms with van der Waals surface area (Å²) >= 11 is 0. The van der Waals surface area contributed by atoms with Crippen LogP contribution in [0.5, 0.6) is 5.75 Å². The number of aryl methyl sites for hydroxylation is 3. The van der Waals surface area contributed by atoms with E-state index in [9.17, 15) is 8.42 Å². The lowest BCUT2D eigenvalue weighted by molar-refractivity contribution is 0.415. The number of nitrogens with zero attached hydrogens (tertiary/aromatic N) is 2. The topological polar surface area (TPSA) is 105 Å². The molecule has 1 heterocycles. The molecule has 3 N–H and O–H groups in total. The molecule has 190 valence electrons. The van der Waals surface area contributed by atoms with Gasteiger partial charge >= 0.3 is 0 Å². The van der Waals surface area contributed by atoms with Gasteiger partial charge in [0.05, 0.1) is 12.0 Å². The fourth-order valence-corrected chi connectivity index (χ4v) is 5.46. The Hall–Kier alpha value is -4.11. The second kappa shape index (κ2) is 10.5. The summed E-state index contributed by atoms with van der Waals surface area (Å²) in [6, 6.07) is 21.8. The highest BCUT2D eigenvalue weighted by Gasteiger charge is 2.18. The van der Waals surface area contributed by atoms with Gasteiger partial charge in [-0.2, -0.15) is 4.98 Å². The van der Waals surface area contributed by atoms with Crippen LogP contribution in [0.4, 0.5) is 28.8 Å². The summed E-state index contributed by atoms with van der Waals surface area (Å²) in [6.45, 7) is 1.89. The van der Waals surface area contributed by atoms with Crippen molar-refractivity contribution >= 4 is 38.9 Å². The Labute approximate surface area is 217 Å². The molecule has 4 aromatic rings. The predicted molar refractivity (Wildman–Crippen MR) is 147 cm³/mol. The molecule has 0 atom stereocenters. The van der Waals surface area contributed by atoms with Gasteiger partial charge in [-0.05, 0) is 104 Å². The van der Waals surface area contributed by atoms with Gasteiger partial charge in [0.15, 0.2) is 0 Å². The lowest BCUT2D eigenvalue weighted by Gasteiger charge is -2.17. The van der Waals surface area contributed by atoms with Crippen molar-refractivity contribution in [1.29, 1.82) is 0 Å². The number of fused-ring (bicyclic) bond motifs is 1. The number of sulfonamides is 1. The zero-order valence-electron chi connectivity index (χ0n) is 20.8. The van der Waals surface area contributed by atoms with Crippen LogP contribution < -0.4 is 20.1 Å². The van der Waals surface area contributed by atoms with E-state index >= 15 is 0 Å². The highest BCUT2D eigenvalue weighted by molar-refractivity contribution is 7.92. The number of nitrogens with one attached hydrogen (secondary N) is 3. The fourth-order valence-electron chi connectivity index (χ4n) is 4.35. The van der Waals surface area contributed by atoms with Crippen molar-refractivity contribution in [2.75, 3.05) is 22.5 Å². The molecule has 8 nitrogen and oxygen atoms in total. The highest BCUT2D eigenvalue weighted by Crippen LogP contribution is 2.26. The molecule has 5 rings (SSSR count). The summed E-state index contributed by atoms with van der Waals surface area (Å²) in [5.74, 6) is 1.85. The Balaban J connectivity index is 1.26. The third kappa shape index (κ3) is 6.00. The first-order valence-electron chi connectivity index (χ1n) is 12.2. The molecule has 0 unspecified atom stereocenters. The van der Waals surface area contributed by atoms with E-state index in [1.165, 1.54) is 5.56 Å². The summed E-state index contributed by atoms with van der Waals surface area (Å²) in [5.41, 5.74) is 5.27. The van der Waals surface area contributed by atoms with Crippen LogP contribution in [0.25, 0.3) is 0 Å². The van der Waals surface area contributed by atoms with Crippen LogP contribution in [0.15, 0.2) is 77.7 Å². The number of rotatable bonds is 8. The maximum atomic E-state index is 13.0. The first kappa shape index (κ1) is 24.6. The molecule has 1 aliphatic rings. The van der Waals surface area contributed by atoms with Gasteiger partial charge in [0.25, 0.3) is 10.0 Å². The van der Waals surface area contributed by atoms with Gasteiger partial charge in [-0.25, -0.2) is 13.4 Å². The highest BCUT2D eigenvalue weighted by atomic mass is 32.2. The minimum Gasteiger partial charge on any atom is -0.497 e. The van der Waals surface area contributed by atoms with E-state index in [1.54, 1.807) is 43.5 Å². The van der Waals surface area contributed by atoms with Gasteiger partial charge in [-0.15, -0.1) is 0 Å². The minimum atomic E-state index is -3.68. The van der Waals surface area contributed by atoms with E-state index in [1.807, 2.05) is 43.3 Å². The zero-order chi connectivity index (χ0) is 25.8. The van der Waals surface area contributed by atoms with Crippen molar-refractivity contribution in [3.63, 3.8) is 0 Å². The average Bonchev–Trinajstić information content (AvgIpc) is 2.89. The standard InChI is InChI=1S/C28H29N5O3S/c1-19-17-27(30-22-12-14-25(36-2)15-13-22)32-28(29-19)31-23-8-10-24(11-9-23)33-37(34,35)26-16-7-20-5-3-4-6-21(20)18-26/h7-18,33H,3-6H2,1-2H3,(H2,29,30,31,32). The van der Waals surface area contributed by atoms with Crippen LogP contribution in [-0.4, -0.2) is 25.5 Å². The molecule has 9 heteroatoms. The van der Waals surface area contributed by atoms with E-state index in [4.69, 9.17) is 4.74 Å². The first-order chi connectivity index (χ1) is 17.9. The van der Waals surface area contributed by atoms with Gasteiger partial charge in [-0.1, -0.05) is 6.07 Å². The van der Waals surface area contributed by atoms with E-state index in [-0.39, 0.29) is 0 Å². The third-order valence-electron chi connectivity index (χ3n) is 6.24. The second-order valence-corrected chi connectivity index (χ2v) is 10.7. The predicted octanol–water partition coefficient (Wildman–Crippen LogP) is 5.96. The van der Waals surface area contributed by atoms with E-state index < -0.39 is 10.0 Å². The molecule has 37 heavy (non-hydrogen) atoms. The molecule has 0 saturated carbocycles. The minimum absolute atomic E-state index is 0.292. The van der Waals surface area contributed by atoms with Crippen LogP contribution >= 0.6 is 0 Å². The summed E-state index contributed by atoms with van der Waals surface area (Å²) < 4.78 is 33.8. The van der Waals surface area contributed by atoms with Crippen molar-refractivity contribution in [1.82, 2.24) is 9.97 Å². The Morgan fingerprint density at radius 2 is 1.41 bits per heavy atom. The number of benzene rings is 3. The normalized spacial score (nSPS) is 12.9. The Morgan fingerprint density at radius 3 is 2.14 bits per heavy atom. The Kier molecular flexibility index (Phi) is 6.96. The molecule has 0 amide bonds. The average molecular weight is 516 g/mol. The van der Waals surface area contributed by atoms with Gasteiger partial charge in [-0.3, -0.25) is 4.72 Å². The molecule has 0 saturated heterocycles. The molecule has 0 aliphatic heterocycles. The monoisotopic (exact) mass is 515 g/mol. The quantitative estimate of drug-likeness (QED) is 0.266. The van der Waals surface area contributed by atoms with Crippen molar-refractivity contribution in [2.45, 2.75) is 37.5 Å². The fraction of sp³-hybridized carbons (Fsp3) is 0.214. The smallest absolute Gasteiger partial charge is 0.261 e. The van der Waals surface area contributed by atoms with E-state index in [2.05, 4.69) is 25.3 Å². The van der Waals surface area contributed by atoms with E-state index in [0.717, 1.165) is 54.1 Å². The molecule has 0 bridgehead atoms. The lowest BCUT2D eigenvalue weighted by Crippen LogP contribution is -2.14. The maximum absolute atomic E-state index is 13.0. The molecule has 1 aliphatic carbocycles. The molecular weight excluding hydrogens is 486 g/mol. The largest absolute Gasteiger partial charge is 0.497 e. The number of methoxy groups -OCH3 is 1. The SMILES string of the molecule is COc1ccc(Nc2cc(C)nc(Nc3ccc(NS(=O)(=O)c4ccc5c(c4)CCCC5)cc3)n2)cc1. The second-order valence-electron chi connectivity index (χ2n) is 9.02. The molecule has 1 aromatic heterocycles. The number of aromatic nitrogens is 2. The zero-order valence-corrected chi connectivity index (χ0v) is 21.6. The van der Waals surface area contributed by atoms with Crippen LogP contribution in [0, 0.1) is 6.92 Å². The molecule has 0 radical (unpaired) electrons. The molecular formula is C28H29N5O3S. The van der Waals surface area contributed by atoms with Gasteiger partial charge in [0, 0.05) is 28.8 Å². The van der Waals surface area contributed by atoms with E-state index in [0.29, 0.717) is 22.3 Å². The molecule has 3 aromatic carbocycles. The number of ether oxygens (including phenoxy) is 1. The molecule has 0 spiro atoms. The Morgan fingerprint density at radius 1 is 0.757 bits per heavy atom. The summed E-state index contributed by atoms with van der Waals surface area (Å²) in [7, 11) is -2.05. The van der Waals surface area contributed by atoms with Gasteiger partial charge in [0.1, 0.15) is 11.6 Å². The summed E-state index contributed by atoms with van der Waals surface area (Å²) in [5, 5.41) is 6.45. The molecule has 0 fully saturated rings. The van der Waals surface area contributed by atoms with Crippen molar-refractivity contribution in [2.24, 2.45) is 0 Å². The lowest BCUT2D eigenvalue weighted by atomic mass is 9.92. The maximum Gasteiger partial charge on any atom is 0.261 e.